The average Bonchev–Trinajstić information content (AvgIpc) is 2.99. The van der Waals surface area contributed by atoms with Crippen molar-refractivity contribution >= 4 is 11.8 Å². The summed E-state index contributed by atoms with van der Waals surface area (Å²) in [5.41, 5.74) is 3.80. The van der Waals surface area contributed by atoms with Gasteiger partial charge in [-0.05, 0) is 47.7 Å². The molecule has 1 N–H and O–H groups in total. The van der Waals surface area contributed by atoms with Gasteiger partial charge in [-0.1, -0.05) is 110 Å². The highest BCUT2D eigenvalue weighted by Crippen LogP contribution is 2.30. The summed E-state index contributed by atoms with van der Waals surface area (Å²) >= 11 is 0. The third-order valence-corrected chi connectivity index (χ3v) is 7.32. The molecule has 206 valence electrons. The van der Waals surface area contributed by atoms with Gasteiger partial charge in [0.1, 0.15) is 11.9 Å². The molecule has 0 unspecified atom stereocenters. The van der Waals surface area contributed by atoms with Crippen LogP contribution in [0.1, 0.15) is 54.9 Å². The molecular weight excluding hydrogens is 499 g/mol. The van der Waals surface area contributed by atoms with Gasteiger partial charge in [0.25, 0.3) is 0 Å². The summed E-state index contributed by atoms with van der Waals surface area (Å²) in [5, 5.41) is 3.10. The van der Waals surface area contributed by atoms with E-state index in [1.807, 2.05) is 105 Å². The van der Waals surface area contributed by atoms with Gasteiger partial charge in [-0.2, -0.15) is 0 Å². The van der Waals surface area contributed by atoms with Gasteiger partial charge in [0.15, 0.2) is 0 Å². The SMILES string of the molecule is CC[C@@H](C)NC(=O)[C@H](Cc1ccccc1)N(Cc1ccc(F)cc1)C(=O)CC(c1ccccc1)c1ccccc1. The molecule has 0 saturated heterocycles. The fourth-order valence-electron chi connectivity index (χ4n) is 4.87. The van der Waals surface area contributed by atoms with Crippen molar-refractivity contribution < 1.29 is 14.0 Å². The van der Waals surface area contributed by atoms with Crippen molar-refractivity contribution in [2.45, 2.75) is 57.7 Å². The summed E-state index contributed by atoms with van der Waals surface area (Å²) in [6, 6.07) is 35.1. The quantitative estimate of drug-likeness (QED) is 0.214. The number of halogens is 1. The number of rotatable bonds is 12. The van der Waals surface area contributed by atoms with Crippen LogP contribution in [0.2, 0.25) is 0 Å². The van der Waals surface area contributed by atoms with E-state index in [4.69, 9.17) is 0 Å². The Morgan fingerprint density at radius 1 is 0.750 bits per heavy atom. The average molecular weight is 537 g/mol. The third-order valence-electron chi connectivity index (χ3n) is 7.32. The highest BCUT2D eigenvalue weighted by molar-refractivity contribution is 5.88. The second kappa shape index (κ2) is 14.2. The molecule has 4 nitrogen and oxygen atoms in total. The lowest BCUT2D eigenvalue weighted by Crippen LogP contribution is -2.52. The number of benzene rings is 4. The Balaban J connectivity index is 1.73. The van der Waals surface area contributed by atoms with E-state index >= 15 is 0 Å². The van der Waals surface area contributed by atoms with Crippen LogP contribution in [0.25, 0.3) is 0 Å². The molecule has 0 radical (unpaired) electrons. The van der Waals surface area contributed by atoms with Crippen LogP contribution >= 0.6 is 0 Å². The third kappa shape index (κ3) is 7.89. The van der Waals surface area contributed by atoms with E-state index < -0.39 is 6.04 Å². The van der Waals surface area contributed by atoms with Crippen LogP contribution in [0.5, 0.6) is 0 Å². The van der Waals surface area contributed by atoms with Gasteiger partial charge in [0, 0.05) is 31.3 Å². The fourth-order valence-corrected chi connectivity index (χ4v) is 4.87. The summed E-state index contributed by atoms with van der Waals surface area (Å²) in [6.45, 7) is 4.17. The van der Waals surface area contributed by atoms with E-state index in [2.05, 4.69) is 5.32 Å². The molecule has 0 heterocycles. The molecular formula is C35H37FN2O2. The molecule has 0 bridgehead atoms. The number of carbonyl (C=O) groups is 2. The van der Waals surface area contributed by atoms with Crippen molar-refractivity contribution in [2.24, 2.45) is 0 Å². The topological polar surface area (TPSA) is 49.4 Å². The second-order valence-electron chi connectivity index (χ2n) is 10.2. The molecule has 2 amide bonds. The minimum Gasteiger partial charge on any atom is -0.352 e. The lowest BCUT2D eigenvalue weighted by Gasteiger charge is -2.33. The first-order valence-corrected chi connectivity index (χ1v) is 13.9. The molecule has 5 heteroatoms. The molecule has 40 heavy (non-hydrogen) atoms. The van der Waals surface area contributed by atoms with Crippen molar-refractivity contribution in [3.05, 3.63) is 143 Å². The molecule has 0 saturated carbocycles. The lowest BCUT2D eigenvalue weighted by molar-refractivity contribution is -0.141. The van der Waals surface area contributed by atoms with Gasteiger partial charge < -0.3 is 10.2 Å². The van der Waals surface area contributed by atoms with Crippen LogP contribution in [-0.2, 0) is 22.6 Å². The van der Waals surface area contributed by atoms with Crippen molar-refractivity contribution in [2.75, 3.05) is 0 Å². The number of nitrogens with one attached hydrogen (secondary N) is 1. The van der Waals surface area contributed by atoms with Crippen LogP contribution in [0.3, 0.4) is 0 Å². The monoisotopic (exact) mass is 536 g/mol. The Kier molecular flexibility index (Phi) is 10.2. The van der Waals surface area contributed by atoms with Gasteiger partial charge in [-0.15, -0.1) is 0 Å². The number of hydrogen-bond acceptors (Lipinski definition) is 2. The minimum absolute atomic E-state index is 0.0325. The molecule has 4 aromatic rings. The fraction of sp³-hybridized carbons (Fsp3) is 0.257. The maximum absolute atomic E-state index is 14.3. The molecule has 0 spiro atoms. The number of carbonyl (C=O) groups excluding carboxylic acids is 2. The molecule has 0 fully saturated rings. The molecule has 0 aliphatic carbocycles. The molecule has 0 aliphatic heterocycles. The molecule has 4 aromatic carbocycles. The van der Waals surface area contributed by atoms with Gasteiger partial charge in [-0.3, -0.25) is 9.59 Å². The largest absolute Gasteiger partial charge is 0.352 e. The molecule has 2 atom stereocenters. The Labute approximate surface area is 236 Å². The maximum atomic E-state index is 14.3. The smallest absolute Gasteiger partial charge is 0.243 e. The van der Waals surface area contributed by atoms with Crippen LogP contribution in [0, 0.1) is 5.82 Å². The number of nitrogens with zero attached hydrogens (tertiary/aromatic N) is 1. The Bertz CT molecular complexity index is 1310. The van der Waals surface area contributed by atoms with E-state index in [0.29, 0.717) is 6.42 Å². The predicted octanol–water partition coefficient (Wildman–Crippen LogP) is 6.90. The summed E-state index contributed by atoms with van der Waals surface area (Å²) in [7, 11) is 0. The normalized spacial score (nSPS) is 12.5. The Hall–Kier alpha value is -4.25. The van der Waals surface area contributed by atoms with E-state index in [1.54, 1.807) is 17.0 Å². The van der Waals surface area contributed by atoms with Gasteiger partial charge in [0.2, 0.25) is 11.8 Å². The Morgan fingerprint density at radius 2 is 1.27 bits per heavy atom. The van der Waals surface area contributed by atoms with E-state index in [0.717, 1.165) is 28.7 Å². The zero-order chi connectivity index (χ0) is 28.3. The van der Waals surface area contributed by atoms with Crippen molar-refractivity contribution in [1.82, 2.24) is 10.2 Å². The standard InChI is InChI=1S/C35H37FN2O2/c1-3-26(2)37-35(40)33(23-27-13-7-4-8-14-27)38(25-28-19-21-31(36)22-20-28)34(39)24-32(29-15-9-5-10-16-29)30-17-11-6-12-18-30/h4-22,26,32-33H,3,23-25H2,1-2H3,(H,37,40)/t26-,33+/m1/s1. The van der Waals surface area contributed by atoms with Crippen molar-refractivity contribution in [3.63, 3.8) is 0 Å². The second-order valence-corrected chi connectivity index (χ2v) is 10.2. The van der Waals surface area contributed by atoms with Gasteiger partial charge in [0.05, 0.1) is 0 Å². The summed E-state index contributed by atoms with van der Waals surface area (Å²) in [5.74, 6) is -0.849. The zero-order valence-corrected chi connectivity index (χ0v) is 23.2. The first-order valence-electron chi connectivity index (χ1n) is 13.9. The summed E-state index contributed by atoms with van der Waals surface area (Å²) in [4.78, 5) is 29.8. The number of hydrogen-bond donors (Lipinski definition) is 1. The molecule has 0 aliphatic rings. The maximum Gasteiger partial charge on any atom is 0.243 e. The summed E-state index contributed by atoms with van der Waals surface area (Å²) < 4.78 is 13.7. The highest BCUT2D eigenvalue weighted by atomic mass is 19.1. The van der Waals surface area contributed by atoms with Crippen LogP contribution < -0.4 is 5.32 Å². The van der Waals surface area contributed by atoms with E-state index in [9.17, 15) is 14.0 Å². The van der Waals surface area contributed by atoms with E-state index in [1.165, 1.54) is 12.1 Å². The van der Waals surface area contributed by atoms with E-state index in [-0.39, 0.29) is 42.6 Å². The summed E-state index contributed by atoms with van der Waals surface area (Å²) in [6.07, 6.45) is 1.34. The molecule has 0 aromatic heterocycles. The van der Waals surface area contributed by atoms with Crippen LogP contribution in [0.4, 0.5) is 4.39 Å². The highest BCUT2D eigenvalue weighted by Gasteiger charge is 2.32. The Morgan fingerprint density at radius 3 is 1.80 bits per heavy atom. The molecule has 4 rings (SSSR count). The van der Waals surface area contributed by atoms with Crippen molar-refractivity contribution in [3.8, 4) is 0 Å². The van der Waals surface area contributed by atoms with Gasteiger partial charge >= 0.3 is 0 Å². The van der Waals surface area contributed by atoms with Gasteiger partial charge in [-0.25, -0.2) is 4.39 Å². The zero-order valence-electron chi connectivity index (χ0n) is 23.2. The van der Waals surface area contributed by atoms with Crippen LogP contribution in [0.15, 0.2) is 115 Å². The van der Waals surface area contributed by atoms with Crippen LogP contribution in [-0.4, -0.2) is 28.8 Å². The predicted molar refractivity (Wildman–Crippen MR) is 158 cm³/mol. The van der Waals surface area contributed by atoms with Crippen molar-refractivity contribution in [1.29, 1.82) is 0 Å². The first-order chi connectivity index (χ1) is 19.4. The minimum atomic E-state index is -0.735. The first kappa shape index (κ1) is 28.8. The lowest BCUT2D eigenvalue weighted by atomic mass is 9.87. The number of amides is 2.